The molecule has 4 nitrogen and oxygen atoms in total. The van der Waals surface area contributed by atoms with E-state index >= 15 is 0 Å². The minimum Gasteiger partial charge on any atom is -0.360 e. The van der Waals surface area contributed by atoms with Gasteiger partial charge in [-0.1, -0.05) is 11.2 Å². The molecule has 3 rings (SSSR count). The molecule has 0 bridgehead atoms. The molecule has 0 radical (unpaired) electrons. The Morgan fingerprint density at radius 3 is 2.90 bits per heavy atom. The molecule has 0 saturated heterocycles. The predicted molar refractivity (Wildman–Crippen MR) is 86.4 cm³/mol. The number of amides is 1. The highest BCUT2D eigenvalue weighted by molar-refractivity contribution is 7.11. The van der Waals surface area contributed by atoms with Gasteiger partial charge in [-0.3, -0.25) is 4.79 Å². The van der Waals surface area contributed by atoms with Crippen LogP contribution in [0.2, 0.25) is 0 Å². The van der Waals surface area contributed by atoms with Crippen molar-refractivity contribution in [1.29, 1.82) is 0 Å². The quantitative estimate of drug-likeness (QED) is 0.731. The summed E-state index contributed by atoms with van der Waals surface area (Å²) in [7, 11) is 0. The number of rotatable bonds is 4. The van der Waals surface area contributed by atoms with Crippen LogP contribution in [0.25, 0.3) is 11.6 Å². The maximum Gasteiger partial charge on any atom is 0.257 e. The van der Waals surface area contributed by atoms with E-state index in [2.05, 4.69) is 10.5 Å². The van der Waals surface area contributed by atoms with Crippen LogP contribution in [0, 0.1) is 6.92 Å². The van der Waals surface area contributed by atoms with Gasteiger partial charge in [0.1, 0.15) is 5.76 Å². The number of carbonyl (C=O) groups is 1. The van der Waals surface area contributed by atoms with Crippen molar-refractivity contribution in [1.82, 2.24) is 5.16 Å². The highest BCUT2D eigenvalue weighted by Crippen LogP contribution is 2.24. The van der Waals surface area contributed by atoms with Gasteiger partial charge in [0.2, 0.25) is 0 Å². The number of aryl methyl sites for hydroxylation is 1. The molecule has 1 amide bonds. The molecule has 0 atom stereocenters. The zero-order valence-corrected chi connectivity index (χ0v) is 12.8. The number of thiophene rings is 2. The van der Waals surface area contributed by atoms with Gasteiger partial charge in [0.25, 0.3) is 5.91 Å². The average molecular weight is 316 g/mol. The molecule has 6 heteroatoms. The van der Waals surface area contributed by atoms with Gasteiger partial charge in [-0.15, -0.1) is 11.3 Å². The summed E-state index contributed by atoms with van der Waals surface area (Å²) in [6, 6.07) is 7.55. The smallest absolute Gasteiger partial charge is 0.257 e. The third-order valence-electron chi connectivity index (χ3n) is 2.78. The highest BCUT2D eigenvalue weighted by atomic mass is 32.1. The zero-order chi connectivity index (χ0) is 14.7. The lowest BCUT2D eigenvalue weighted by Crippen LogP contribution is -2.13. The lowest BCUT2D eigenvalue weighted by Gasteiger charge is -2.05. The van der Waals surface area contributed by atoms with Crippen molar-refractivity contribution in [2.45, 2.75) is 6.92 Å². The van der Waals surface area contributed by atoms with E-state index in [0.29, 0.717) is 17.2 Å². The second-order valence-corrected chi connectivity index (χ2v) is 6.12. The van der Waals surface area contributed by atoms with Crippen LogP contribution in [0.1, 0.15) is 16.2 Å². The SMILES string of the molecule is Cc1cc(NC(=O)C(=Cc2cccs2)c2ccsc2)no1. The van der Waals surface area contributed by atoms with Crippen molar-refractivity contribution in [3.8, 4) is 0 Å². The van der Waals surface area contributed by atoms with E-state index in [1.165, 1.54) is 0 Å². The first-order valence-electron chi connectivity index (χ1n) is 6.25. The van der Waals surface area contributed by atoms with E-state index in [1.54, 1.807) is 35.7 Å². The van der Waals surface area contributed by atoms with Crippen molar-refractivity contribution in [2.75, 3.05) is 5.32 Å². The van der Waals surface area contributed by atoms with Gasteiger partial charge in [-0.2, -0.15) is 11.3 Å². The van der Waals surface area contributed by atoms with Gasteiger partial charge in [-0.05, 0) is 46.8 Å². The summed E-state index contributed by atoms with van der Waals surface area (Å²) in [4.78, 5) is 13.5. The van der Waals surface area contributed by atoms with Crippen LogP contribution in [0.15, 0.2) is 44.9 Å². The van der Waals surface area contributed by atoms with Gasteiger partial charge >= 0.3 is 0 Å². The second kappa shape index (κ2) is 6.07. The molecular weight excluding hydrogens is 304 g/mol. The molecule has 0 saturated carbocycles. The van der Waals surface area contributed by atoms with Crippen molar-refractivity contribution < 1.29 is 9.32 Å². The average Bonchev–Trinajstić information content (AvgIpc) is 3.18. The van der Waals surface area contributed by atoms with Crippen LogP contribution >= 0.6 is 22.7 Å². The lowest BCUT2D eigenvalue weighted by atomic mass is 10.1. The molecule has 0 aromatic carbocycles. The summed E-state index contributed by atoms with van der Waals surface area (Å²) in [6.07, 6.45) is 1.88. The first kappa shape index (κ1) is 13.8. The molecule has 0 aliphatic carbocycles. The molecule has 0 spiro atoms. The molecule has 106 valence electrons. The number of nitrogens with zero attached hydrogens (tertiary/aromatic N) is 1. The fourth-order valence-corrected chi connectivity index (χ4v) is 3.14. The van der Waals surface area contributed by atoms with Gasteiger partial charge in [0.15, 0.2) is 5.82 Å². The summed E-state index contributed by atoms with van der Waals surface area (Å²) >= 11 is 3.15. The van der Waals surface area contributed by atoms with E-state index < -0.39 is 0 Å². The largest absolute Gasteiger partial charge is 0.360 e. The van der Waals surface area contributed by atoms with E-state index in [9.17, 15) is 4.79 Å². The van der Waals surface area contributed by atoms with Gasteiger partial charge < -0.3 is 9.84 Å². The molecule has 21 heavy (non-hydrogen) atoms. The highest BCUT2D eigenvalue weighted by Gasteiger charge is 2.15. The monoisotopic (exact) mass is 316 g/mol. The Hall–Kier alpha value is -2.18. The topological polar surface area (TPSA) is 55.1 Å². The minimum atomic E-state index is -0.199. The molecular formula is C15H12N2O2S2. The Kier molecular flexibility index (Phi) is 3.98. The molecule has 0 unspecified atom stereocenters. The Labute approximate surface area is 129 Å². The molecule has 3 heterocycles. The van der Waals surface area contributed by atoms with Crippen molar-refractivity contribution in [3.05, 3.63) is 56.6 Å². The molecule has 0 aliphatic heterocycles. The lowest BCUT2D eigenvalue weighted by molar-refractivity contribution is -0.111. The fraction of sp³-hybridized carbons (Fsp3) is 0.0667. The van der Waals surface area contributed by atoms with E-state index in [-0.39, 0.29) is 5.91 Å². The maximum atomic E-state index is 12.5. The molecule has 1 N–H and O–H groups in total. The van der Waals surface area contributed by atoms with Crippen molar-refractivity contribution in [2.24, 2.45) is 0 Å². The molecule has 0 fully saturated rings. The van der Waals surface area contributed by atoms with E-state index in [0.717, 1.165) is 10.4 Å². The van der Waals surface area contributed by atoms with Gasteiger partial charge in [-0.25, -0.2) is 0 Å². The summed E-state index contributed by atoms with van der Waals surface area (Å²) in [5, 5.41) is 12.4. The number of anilines is 1. The number of hydrogen-bond donors (Lipinski definition) is 1. The van der Waals surface area contributed by atoms with E-state index in [4.69, 9.17) is 4.52 Å². The molecule has 0 aliphatic rings. The molecule has 3 aromatic heterocycles. The number of nitrogens with one attached hydrogen (secondary N) is 1. The minimum absolute atomic E-state index is 0.199. The summed E-state index contributed by atoms with van der Waals surface area (Å²) in [5.41, 5.74) is 1.51. The van der Waals surface area contributed by atoms with Crippen LogP contribution < -0.4 is 5.32 Å². The van der Waals surface area contributed by atoms with Gasteiger partial charge in [0, 0.05) is 16.5 Å². The van der Waals surface area contributed by atoms with Crippen LogP contribution in [0.3, 0.4) is 0 Å². The summed E-state index contributed by atoms with van der Waals surface area (Å²) < 4.78 is 4.96. The van der Waals surface area contributed by atoms with Gasteiger partial charge in [0.05, 0.1) is 0 Å². The predicted octanol–water partition coefficient (Wildman–Crippen LogP) is 4.29. The number of aromatic nitrogens is 1. The number of hydrogen-bond acceptors (Lipinski definition) is 5. The third kappa shape index (κ3) is 3.29. The van der Waals surface area contributed by atoms with Crippen molar-refractivity contribution >= 4 is 46.0 Å². The summed E-state index contributed by atoms with van der Waals surface area (Å²) in [6.45, 7) is 1.78. The maximum absolute atomic E-state index is 12.5. The second-order valence-electron chi connectivity index (χ2n) is 4.36. The third-order valence-corrected chi connectivity index (χ3v) is 4.28. The molecule has 3 aromatic rings. The Morgan fingerprint density at radius 1 is 1.38 bits per heavy atom. The van der Waals surface area contributed by atoms with Crippen LogP contribution in [-0.2, 0) is 4.79 Å². The normalized spacial score (nSPS) is 11.6. The van der Waals surface area contributed by atoms with Crippen LogP contribution in [-0.4, -0.2) is 11.1 Å². The Morgan fingerprint density at radius 2 is 2.29 bits per heavy atom. The van der Waals surface area contributed by atoms with Crippen molar-refractivity contribution in [3.63, 3.8) is 0 Å². The zero-order valence-electron chi connectivity index (χ0n) is 11.2. The van der Waals surface area contributed by atoms with E-state index in [1.807, 2.05) is 40.4 Å². The number of carbonyl (C=O) groups excluding carboxylic acids is 1. The first-order valence-corrected chi connectivity index (χ1v) is 8.07. The fourth-order valence-electron chi connectivity index (χ4n) is 1.82. The Balaban J connectivity index is 1.90. The first-order chi connectivity index (χ1) is 10.2. The standard InChI is InChI=1S/C15H12N2O2S2/c1-10-7-14(17-19-10)16-15(18)13(11-4-6-20-9-11)8-12-3-2-5-21-12/h2-9H,1H3,(H,16,17,18). The van der Waals surface area contributed by atoms with Crippen LogP contribution in [0.4, 0.5) is 5.82 Å². The Bertz CT molecular complexity index is 756. The van der Waals surface area contributed by atoms with Crippen LogP contribution in [0.5, 0.6) is 0 Å². The summed E-state index contributed by atoms with van der Waals surface area (Å²) in [5.74, 6) is 0.879.